The Balaban J connectivity index is 1.86. The number of aryl methyl sites for hydroxylation is 2. The summed E-state index contributed by atoms with van der Waals surface area (Å²) in [6.07, 6.45) is 11.7. The predicted octanol–water partition coefficient (Wildman–Crippen LogP) is 6.25. The molecule has 1 aromatic heterocycles. The molecule has 0 radical (unpaired) electrons. The highest BCUT2D eigenvalue weighted by molar-refractivity contribution is 5.65. The van der Waals surface area contributed by atoms with Crippen molar-refractivity contribution in [2.45, 2.75) is 46.5 Å². The summed E-state index contributed by atoms with van der Waals surface area (Å²) in [6, 6.07) is 8.83. The van der Waals surface area contributed by atoms with Crippen molar-refractivity contribution >= 4 is 11.6 Å². The summed E-state index contributed by atoms with van der Waals surface area (Å²) in [5, 5.41) is 8.77. The van der Waals surface area contributed by atoms with E-state index in [-0.39, 0.29) is 5.82 Å². The predicted molar refractivity (Wildman–Crippen MR) is 106 cm³/mol. The van der Waals surface area contributed by atoms with E-state index in [0.29, 0.717) is 17.5 Å². The van der Waals surface area contributed by atoms with Gasteiger partial charge in [0.15, 0.2) is 0 Å². The second-order valence-electron chi connectivity index (χ2n) is 6.48. The molecule has 2 rings (SSSR count). The Morgan fingerprint density at radius 2 is 2.08 bits per heavy atom. The van der Waals surface area contributed by atoms with Crippen LogP contribution in [0, 0.1) is 24.1 Å². The number of rotatable bonds is 7. The molecular weight excluding hydrogens is 323 g/mol. The van der Waals surface area contributed by atoms with Gasteiger partial charge in [-0.3, -0.25) is 4.98 Å². The smallest absolute Gasteiger partial charge is 0.127 e. The van der Waals surface area contributed by atoms with Crippen molar-refractivity contribution in [2.24, 2.45) is 0 Å². The first kappa shape index (κ1) is 19.6. The molecule has 0 saturated carbocycles. The van der Waals surface area contributed by atoms with Crippen molar-refractivity contribution < 1.29 is 4.39 Å². The van der Waals surface area contributed by atoms with Crippen molar-refractivity contribution in [3.63, 3.8) is 0 Å². The van der Waals surface area contributed by atoms with E-state index in [9.17, 15) is 4.39 Å². The Kier molecular flexibility index (Phi) is 7.29. The maximum Gasteiger partial charge on any atom is 0.127 e. The highest BCUT2D eigenvalue weighted by Gasteiger charge is 2.04. The van der Waals surface area contributed by atoms with Gasteiger partial charge in [0.1, 0.15) is 5.82 Å². The average molecular weight is 348 g/mol. The molecule has 0 N–H and O–H groups in total. The first-order valence-electron chi connectivity index (χ1n) is 9.00. The van der Waals surface area contributed by atoms with Crippen molar-refractivity contribution in [1.29, 1.82) is 5.26 Å². The molecule has 1 heterocycles. The number of allylic oxidation sites excluding steroid dienone is 3. The van der Waals surface area contributed by atoms with Crippen molar-refractivity contribution in [1.82, 2.24) is 4.98 Å². The number of halogens is 1. The van der Waals surface area contributed by atoms with Gasteiger partial charge < -0.3 is 0 Å². The summed E-state index contributed by atoms with van der Waals surface area (Å²) < 4.78 is 13.8. The van der Waals surface area contributed by atoms with Crippen LogP contribution in [0.1, 0.15) is 61.1 Å². The number of unbranched alkanes of at least 4 members (excludes halogenated alkanes) is 2. The molecule has 0 bridgehead atoms. The molecular formula is C23H25FN2. The van der Waals surface area contributed by atoms with Gasteiger partial charge in [0.2, 0.25) is 0 Å². The minimum absolute atomic E-state index is 0.279. The molecule has 0 aliphatic carbocycles. The second kappa shape index (κ2) is 9.68. The van der Waals surface area contributed by atoms with E-state index in [0.717, 1.165) is 30.5 Å². The lowest BCUT2D eigenvalue weighted by atomic mass is 10.0. The van der Waals surface area contributed by atoms with Crippen LogP contribution in [0.2, 0.25) is 0 Å². The molecule has 0 fully saturated rings. The van der Waals surface area contributed by atoms with Gasteiger partial charge in [0.05, 0.1) is 17.3 Å². The van der Waals surface area contributed by atoms with Crippen molar-refractivity contribution in [3.8, 4) is 6.07 Å². The summed E-state index contributed by atoms with van der Waals surface area (Å²) >= 11 is 0. The summed E-state index contributed by atoms with van der Waals surface area (Å²) in [5.41, 5.74) is 5.60. The van der Waals surface area contributed by atoms with E-state index in [1.54, 1.807) is 12.1 Å². The Hall–Kier alpha value is -2.73. The summed E-state index contributed by atoms with van der Waals surface area (Å²) in [6.45, 7) is 6.17. The molecule has 0 aliphatic heterocycles. The standard InChI is InChI=1S/C23H25FN2/c1-4-8-23-18(3)13-21(16-26-23)17(2)9-6-5-7-10-20-12-11-19(15-25)14-22(20)24/h4,8-9,11-14,16H,5-7,10H2,1-3H3/b8-4-,17-9+. The van der Waals surface area contributed by atoms with Crippen molar-refractivity contribution in [2.75, 3.05) is 0 Å². The van der Waals surface area contributed by atoms with E-state index in [1.165, 1.54) is 17.2 Å². The van der Waals surface area contributed by atoms with Gasteiger partial charge in [-0.05, 0) is 93.0 Å². The third-order valence-electron chi connectivity index (χ3n) is 4.43. The SMILES string of the molecule is C/C=C\c1ncc(/C(C)=C/CCCCc2ccc(C#N)cc2F)cc1C. The highest BCUT2D eigenvalue weighted by Crippen LogP contribution is 2.19. The van der Waals surface area contributed by atoms with Gasteiger partial charge in [0.25, 0.3) is 0 Å². The van der Waals surface area contributed by atoms with Crippen LogP contribution in [0.3, 0.4) is 0 Å². The normalized spacial score (nSPS) is 11.7. The van der Waals surface area contributed by atoms with Gasteiger partial charge in [-0.15, -0.1) is 0 Å². The number of nitriles is 1. The van der Waals surface area contributed by atoms with Gasteiger partial charge >= 0.3 is 0 Å². The zero-order valence-corrected chi connectivity index (χ0v) is 15.7. The molecule has 0 aliphatic rings. The molecule has 134 valence electrons. The van der Waals surface area contributed by atoms with Crippen LogP contribution >= 0.6 is 0 Å². The van der Waals surface area contributed by atoms with Crippen molar-refractivity contribution in [3.05, 3.63) is 76.4 Å². The quantitative estimate of drug-likeness (QED) is 0.554. The molecule has 2 nitrogen and oxygen atoms in total. The highest BCUT2D eigenvalue weighted by atomic mass is 19.1. The number of aromatic nitrogens is 1. The largest absolute Gasteiger partial charge is 0.256 e. The third kappa shape index (κ3) is 5.39. The summed E-state index contributed by atoms with van der Waals surface area (Å²) in [5.74, 6) is -0.279. The molecule has 0 saturated heterocycles. The molecule has 3 heteroatoms. The molecule has 0 spiro atoms. The van der Waals surface area contributed by atoms with Crippen LogP contribution < -0.4 is 0 Å². The Labute approximate surface area is 155 Å². The minimum Gasteiger partial charge on any atom is -0.256 e. The zero-order chi connectivity index (χ0) is 18.9. The van der Waals surface area contributed by atoms with Crippen LogP contribution in [0.5, 0.6) is 0 Å². The first-order valence-corrected chi connectivity index (χ1v) is 9.00. The fraction of sp³-hybridized carbons (Fsp3) is 0.304. The lowest BCUT2D eigenvalue weighted by Crippen LogP contribution is -1.92. The molecule has 1 aromatic carbocycles. The Morgan fingerprint density at radius 1 is 1.27 bits per heavy atom. The Bertz CT molecular complexity index is 857. The summed E-state index contributed by atoms with van der Waals surface area (Å²) in [4.78, 5) is 4.50. The maximum absolute atomic E-state index is 13.8. The van der Waals surface area contributed by atoms with E-state index in [4.69, 9.17) is 5.26 Å². The van der Waals surface area contributed by atoms with Gasteiger partial charge in [-0.2, -0.15) is 5.26 Å². The Morgan fingerprint density at radius 3 is 2.73 bits per heavy atom. The molecule has 0 amide bonds. The van der Waals surface area contributed by atoms with Crippen LogP contribution in [-0.2, 0) is 6.42 Å². The van der Waals surface area contributed by atoms with Crippen LogP contribution in [0.25, 0.3) is 11.6 Å². The fourth-order valence-corrected chi connectivity index (χ4v) is 2.85. The number of hydrogen-bond acceptors (Lipinski definition) is 2. The van der Waals surface area contributed by atoms with Crippen LogP contribution in [0.4, 0.5) is 4.39 Å². The fourth-order valence-electron chi connectivity index (χ4n) is 2.85. The molecule has 26 heavy (non-hydrogen) atoms. The van der Waals surface area contributed by atoms with E-state index in [1.807, 2.05) is 31.3 Å². The van der Waals surface area contributed by atoms with Gasteiger partial charge in [-0.25, -0.2) is 4.39 Å². The first-order chi connectivity index (χ1) is 12.5. The number of nitrogens with zero attached hydrogens (tertiary/aromatic N) is 2. The molecule has 0 unspecified atom stereocenters. The minimum atomic E-state index is -0.279. The number of pyridine rings is 1. The van der Waals surface area contributed by atoms with Crippen LogP contribution in [-0.4, -0.2) is 4.98 Å². The lowest BCUT2D eigenvalue weighted by Gasteiger charge is -2.06. The average Bonchev–Trinajstić information content (AvgIpc) is 2.64. The third-order valence-corrected chi connectivity index (χ3v) is 4.43. The second-order valence-corrected chi connectivity index (χ2v) is 6.48. The number of benzene rings is 1. The van der Waals surface area contributed by atoms with Crippen LogP contribution in [0.15, 0.2) is 42.6 Å². The van der Waals surface area contributed by atoms with Gasteiger partial charge in [-0.1, -0.05) is 18.2 Å². The molecule has 0 atom stereocenters. The monoisotopic (exact) mass is 348 g/mol. The topological polar surface area (TPSA) is 36.7 Å². The van der Waals surface area contributed by atoms with E-state index in [2.05, 4.69) is 31.0 Å². The summed E-state index contributed by atoms with van der Waals surface area (Å²) in [7, 11) is 0. The zero-order valence-electron chi connectivity index (χ0n) is 15.7. The lowest BCUT2D eigenvalue weighted by molar-refractivity contribution is 0.600. The maximum atomic E-state index is 13.8. The molecule has 2 aromatic rings. The number of hydrogen-bond donors (Lipinski definition) is 0. The van der Waals surface area contributed by atoms with E-state index < -0.39 is 0 Å². The van der Waals surface area contributed by atoms with Gasteiger partial charge in [0, 0.05) is 6.20 Å². The van der Waals surface area contributed by atoms with E-state index >= 15 is 0 Å².